The van der Waals surface area contributed by atoms with Gasteiger partial charge in [0.2, 0.25) is 5.91 Å². The summed E-state index contributed by atoms with van der Waals surface area (Å²) in [5.41, 5.74) is 2.74. The highest BCUT2D eigenvalue weighted by Gasteiger charge is 2.23. The highest BCUT2D eigenvalue weighted by Crippen LogP contribution is 2.19. The molecule has 1 aromatic carbocycles. The minimum atomic E-state index is -3.31. The van der Waals surface area contributed by atoms with E-state index in [1.54, 1.807) is 49.1 Å². The number of carbonyl (C=O) groups is 1. The average molecular weight is 483 g/mol. The summed E-state index contributed by atoms with van der Waals surface area (Å²) in [6.45, 7) is 9.79. The van der Waals surface area contributed by atoms with Gasteiger partial charge in [0.1, 0.15) is 12.1 Å². The van der Waals surface area contributed by atoms with Gasteiger partial charge in [-0.1, -0.05) is 12.1 Å². The second-order valence-corrected chi connectivity index (χ2v) is 11.4. The van der Waals surface area contributed by atoms with Crippen molar-refractivity contribution in [3.63, 3.8) is 0 Å². The van der Waals surface area contributed by atoms with E-state index in [1.165, 1.54) is 0 Å². The Morgan fingerprint density at radius 1 is 0.971 bits per heavy atom. The molecule has 0 atom stereocenters. The number of anilines is 1. The van der Waals surface area contributed by atoms with E-state index in [0.717, 1.165) is 28.6 Å². The molecule has 0 N–H and O–H groups in total. The molecular formula is C24H30N6O3S. The van der Waals surface area contributed by atoms with E-state index in [9.17, 15) is 13.2 Å². The van der Waals surface area contributed by atoms with E-state index in [-0.39, 0.29) is 17.2 Å². The van der Waals surface area contributed by atoms with Crippen molar-refractivity contribution in [3.05, 3.63) is 59.7 Å². The van der Waals surface area contributed by atoms with Crippen molar-refractivity contribution in [3.8, 4) is 5.82 Å². The predicted octanol–water partition coefficient (Wildman–Crippen LogP) is 2.35. The number of piperazine rings is 1. The number of sulfone groups is 1. The summed E-state index contributed by atoms with van der Waals surface area (Å²) in [6.07, 6.45) is 1.79. The predicted molar refractivity (Wildman–Crippen MR) is 130 cm³/mol. The summed E-state index contributed by atoms with van der Waals surface area (Å²) in [4.78, 5) is 25.9. The van der Waals surface area contributed by atoms with Crippen LogP contribution in [0.2, 0.25) is 0 Å². The second kappa shape index (κ2) is 9.54. The molecule has 4 rings (SSSR count). The van der Waals surface area contributed by atoms with Gasteiger partial charge in [-0.05, 0) is 51.5 Å². The molecule has 10 heteroatoms. The zero-order valence-corrected chi connectivity index (χ0v) is 20.8. The van der Waals surface area contributed by atoms with Crippen molar-refractivity contribution >= 4 is 21.6 Å². The lowest BCUT2D eigenvalue weighted by Crippen LogP contribution is -2.49. The minimum Gasteiger partial charge on any atom is -0.353 e. The monoisotopic (exact) mass is 482 g/mol. The van der Waals surface area contributed by atoms with E-state index in [4.69, 9.17) is 0 Å². The number of nitrogens with zero attached hydrogens (tertiary/aromatic N) is 6. The molecule has 0 saturated carbocycles. The van der Waals surface area contributed by atoms with Gasteiger partial charge in [-0.25, -0.2) is 23.1 Å². The first-order chi connectivity index (χ1) is 16.1. The van der Waals surface area contributed by atoms with Crippen LogP contribution in [0.3, 0.4) is 0 Å². The molecule has 180 valence electrons. The number of benzene rings is 1. The average Bonchev–Trinajstić information content (AvgIpc) is 3.17. The van der Waals surface area contributed by atoms with E-state index in [2.05, 4.69) is 20.0 Å². The smallest absolute Gasteiger partial charge is 0.227 e. The number of hydrogen-bond donors (Lipinski definition) is 0. The van der Waals surface area contributed by atoms with E-state index < -0.39 is 15.1 Å². The maximum absolute atomic E-state index is 12.8. The lowest BCUT2D eigenvalue weighted by Gasteiger charge is -2.35. The highest BCUT2D eigenvalue weighted by atomic mass is 32.2. The van der Waals surface area contributed by atoms with Crippen molar-refractivity contribution in [1.82, 2.24) is 24.6 Å². The summed E-state index contributed by atoms with van der Waals surface area (Å²) in [6, 6.07) is 10.6. The molecule has 0 radical (unpaired) electrons. The molecule has 0 spiro atoms. The zero-order valence-electron chi connectivity index (χ0n) is 20.0. The molecule has 3 heterocycles. The summed E-state index contributed by atoms with van der Waals surface area (Å²) in [5.74, 6) is 1.56. The number of aromatic nitrogens is 4. The summed E-state index contributed by atoms with van der Waals surface area (Å²) < 4.78 is 26.4. The van der Waals surface area contributed by atoms with Gasteiger partial charge in [-0.15, -0.1) is 0 Å². The van der Waals surface area contributed by atoms with Gasteiger partial charge in [0, 0.05) is 37.9 Å². The first kappa shape index (κ1) is 23.9. The summed E-state index contributed by atoms with van der Waals surface area (Å²) in [7, 11) is -3.31. The van der Waals surface area contributed by atoms with Crippen molar-refractivity contribution in [2.45, 2.75) is 44.3 Å². The third-order valence-electron chi connectivity index (χ3n) is 6.05. The number of amides is 1. The molecule has 1 aliphatic rings. The van der Waals surface area contributed by atoms with Gasteiger partial charge >= 0.3 is 0 Å². The summed E-state index contributed by atoms with van der Waals surface area (Å²) in [5, 5.41) is 4.01. The van der Waals surface area contributed by atoms with Crippen LogP contribution in [0.1, 0.15) is 30.8 Å². The van der Waals surface area contributed by atoms with Crippen LogP contribution < -0.4 is 4.90 Å². The molecule has 9 nitrogen and oxygen atoms in total. The first-order valence-electron chi connectivity index (χ1n) is 11.4. The Bertz CT molecular complexity index is 1280. The van der Waals surface area contributed by atoms with Gasteiger partial charge in [0.15, 0.2) is 15.7 Å². The van der Waals surface area contributed by atoms with Gasteiger partial charge in [-0.3, -0.25) is 4.79 Å². The standard InChI is InChI=1S/C24H30N6O3S/c1-17(2)34(32,33)21-7-5-20(6-8-21)14-24(31)29-11-9-28(10-12-29)22-15-23(26-16-25-22)30-19(4)13-18(3)27-30/h5-8,13,15-17H,9-12,14H2,1-4H3. The van der Waals surface area contributed by atoms with Crippen molar-refractivity contribution in [2.75, 3.05) is 31.1 Å². The Morgan fingerprint density at radius 3 is 2.21 bits per heavy atom. The Balaban J connectivity index is 1.36. The Labute approximate surface area is 200 Å². The van der Waals surface area contributed by atoms with Gasteiger partial charge in [0.05, 0.1) is 22.3 Å². The Kier molecular flexibility index (Phi) is 6.70. The maximum atomic E-state index is 12.8. The van der Waals surface area contributed by atoms with Crippen molar-refractivity contribution < 1.29 is 13.2 Å². The van der Waals surface area contributed by atoms with E-state index >= 15 is 0 Å². The van der Waals surface area contributed by atoms with Crippen LogP contribution in [-0.4, -0.2) is 70.4 Å². The SMILES string of the molecule is Cc1cc(C)n(-c2cc(N3CCN(C(=O)Cc4ccc(S(=O)(=O)C(C)C)cc4)CC3)ncn2)n1. The quantitative estimate of drug-likeness (QED) is 0.531. The molecule has 3 aromatic rings. The Hall–Kier alpha value is -3.27. The minimum absolute atomic E-state index is 0.0325. The second-order valence-electron chi connectivity index (χ2n) is 8.86. The molecule has 2 aromatic heterocycles. The first-order valence-corrected chi connectivity index (χ1v) is 12.9. The molecule has 0 aliphatic carbocycles. The van der Waals surface area contributed by atoms with Crippen molar-refractivity contribution in [1.29, 1.82) is 0 Å². The maximum Gasteiger partial charge on any atom is 0.227 e. The molecule has 1 saturated heterocycles. The van der Waals surface area contributed by atoms with Crippen LogP contribution >= 0.6 is 0 Å². The number of aryl methyl sites for hydroxylation is 2. The molecular weight excluding hydrogens is 452 g/mol. The van der Waals surface area contributed by atoms with Gasteiger partial charge < -0.3 is 9.80 Å². The fourth-order valence-electron chi connectivity index (χ4n) is 4.03. The van der Waals surface area contributed by atoms with Crippen molar-refractivity contribution in [2.24, 2.45) is 0 Å². The number of rotatable bonds is 6. The molecule has 0 unspecified atom stereocenters. The van der Waals surface area contributed by atoms with E-state index in [1.807, 2.05) is 30.9 Å². The normalized spacial score (nSPS) is 14.6. The van der Waals surface area contributed by atoms with Crippen LogP contribution in [0.25, 0.3) is 5.82 Å². The lowest BCUT2D eigenvalue weighted by atomic mass is 10.1. The van der Waals surface area contributed by atoms with Gasteiger partial charge in [-0.2, -0.15) is 5.10 Å². The fraction of sp³-hybridized carbons (Fsp3) is 0.417. The summed E-state index contributed by atoms with van der Waals surface area (Å²) >= 11 is 0. The molecule has 34 heavy (non-hydrogen) atoms. The van der Waals surface area contributed by atoms with Crippen LogP contribution in [0.15, 0.2) is 47.6 Å². The molecule has 0 bridgehead atoms. The molecule has 1 amide bonds. The van der Waals surface area contributed by atoms with Gasteiger partial charge in [0.25, 0.3) is 0 Å². The zero-order chi connectivity index (χ0) is 24.5. The molecule has 1 fully saturated rings. The van der Waals surface area contributed by atoms with Crippen LogP contribution in [0.4, 0.5) is 5.82 Å². The number of carbonyl (C=O) groups excluding carboxylic acids is 1. The topological polar surface area (TPSA) is 101 Å². The van der Waals surface area contributed by atoms with E-state index in [0.29, 0.717) is 26.2 Å². The number of hydrogen-bond acceptors (Lipinski definition) is 7. The lowest BCUT2D eigenvalue weighted by molar-refractivity contribution is -0.130. The largest absolute Gasteiger partial charge is 0.353 e. The molecule has 1 aliphatic heterocycles. The third-order valence-corrected chi connectivity index (χ3v) is 8.22. The Morgan fingerprint density at radius 2 is 1.62 bits per heavy atom. The highest BCUT2D eigenvalue weighted by molar-refractivity contribution is 7.92. The van der Waals surface area contributed by atoms with Crippen LogP contribution in [0, 0.1) is 13.8 Å². The van der Waals surface area contributed by atoms with Crippen LogP contribution in [0.5, 0.6) is 0 Å². The van der Waals surface area contributed by atoms with Crippen LogP contribution in [-0.2, 0) is 21.1 Å². The fourth-order valence-corrected chi connectivity index (χ4v) is 5.09. The third kappa shape index (κ3) is 4.96.